The summed E-state index contributed by atoms with van der Waals surface area (Å²) in [6.07, 6.45) is 1.95. The molecule has 0 radical (unpaired) electrons. The van der Waals surface area contributed by atoms with Crippen molar-refractivity contribution in [3.05, 3.63) is 35.4 Å². The number of amides is 1. The maximum atomic E-state index is 15.4. The number of halogens is 2. The van der Waals surface area contributed by atoms with Crippen LogP contribution in [0.15, 0.2) is 30.3 Å². The molecule has 0 atom stereocenters. The molecule has 3 heterocycles. The Morgan fingerprint density at radius 3 is 2.41 bits per heavy atom. The van der Waals surface area contributed by atoms with Gasteiger partial charge in [0.1, 0.15) is 11.8 Å². The van der Waals surface area contributed by atoms with Gasteiger partial charge < -0.3 is 29.8 Å². The summed E-state index contributed by atoms with van der Waals surface area (Å²) in [7, 11) is 1.37. The number of alkyl halides is 1. The summed E-state index contributed by atoms with van der Waals surface area (Å²) in [6, 6.07) is 10.2. The SMILES string of the molecule is COC(=O)NC1CCN(c2ccc(-c3nc4nc(O[C@H]5CC[C@](F)(C(C)(C)C(=O)O)CC5)[nH]c4cc3Cl)cc2)CC1. The fourth-order valence-electron chi connectivity index (χ4n) is 5.63. The number of carboxylic acid groups (broad SMARTS) is 1. The van der Waals surface area contributed by atoms with Crippen molar-refractivity contribution in [2.75, 3.05) is 25.1 Å². The van der Waals surface area contributed by atoms with Gasteiger partial charge in [0.25, 0.3) is 6.01 Å². The smallest absolute Gasteiger partial charge is 0.407 e. The fraction of sp³-hybridized carbons (Fsp3) is 0.517. The third-order valence-electron chi connectivity index (χ3n) is 8.57. The van der Waals surface area contributed by atoms with Gasteiger partial charge in [0.2, 0.25) is 0 Å². The quantitative estimate of drug-likeness (QED) is 0.319. The Labute approximate surface area is 242 Å². The molecule has 1 aliphatic heterocycles. The summed E-state index contributed by atoms with van der Waals surface area (Å²) in [6.45, 7) is 4.51. The van der Waals surface area contributed by atoms with Gasteiger partial charge in [0.15, 0.2) is 5.65 Å². The molecule has 2 fully saturated rings. The average molecular weight is 588 g/mol. The molecule has 41 heavy (non-hydrogen) atoms. The second kappa shape index (κ2) is 11.3. The van der Waals surface area contributed by atoms with E-state index in [0.717, 1.165) is 37.2 Å². The van der Waals surface area contributed by atoms with Gasteiger partial charge in [-0.25, -0.2) is 14.2 Å². The maximum absolute atomic E-state index is 15.4. The highest BCUT2D eigenvalue weighted by molar-refractivity contribution is 6.33. The van der Waals surface area contributed by atoms with E-state index in [2.05, 4.69) is 25.2 Å². The number of aromatic nitrogens is 3. The lowest BCUT2D eigenvalue weighted by Crippen LogP contribution is -2.49. The van der Waals surface area contributed by atoms with Gasteiger partial charge in [-0.3, -0.25) is 4.79 Å². The van der Waals surface area contributed by atoms with E-state index < -0.39 is 23.1 Å². The molecule has 12 heteroatoms. The molecule has 2 aromatic heterocycles. The van der Waals surface area contributed by atoms with E-state index in [0.29, 0.717) is 34.7 Å². The zero-order valence-corrected chi connectivity index (χ0v) is 24.1. The van der Waals surface area contributed by atoms with Crippen molar-refractivity contribution in [2.45, 2.75) is 70.2 Å². The topological polar surface area (TPSA) is 130 Å². The largest absolute Gasteiger partial charge is 0.481 e. The zero-order chi connectivity index (χ0) is 29.4. The number of benzene rings is 1. The molecule has 3 N–H and O–H groups in total. The average Bonchev–Trinajstić information content (AvgIpc) is 3.35. The van der Waals surface area contributed by atoms with Gasteiger partial charge in [-0.1, -0.05) is 23.7 Å². The Kier molecular flexibility index (Phi) is 8.00. The van der Waals surface area contributed by atoms with Crippen molar-refractivity contribution >= 4 is 40.5 Å². The number of H-pyrrole nitrogens is 1. The molecule has 1 aromatic carbocycles. The van der Waals surface area contributed by atoms with Crippen molar-refractivity contribution < 1.29 is 28.6 Å². The molecule has 0 spiro atoms. The fourth-order valence-corrected chi connectivity index (χ4v) is 5.89. The lowest BCUT2D eigenvalue weighted by atomic mass is 9.68. The maximum Gasteiger partial charge on any atom is 0.407 e. The molecular formula is C29H35ClFN5O5. The van der Waals surface area contributed by atoms with Crippen LogP contribution in [0.5, 0.6) is 6.01 Å². The van der Waals surface area contributed by atoms with Gasteiger partial charge in [-0.15, -0.1) is 0 Å². The minimum Gasteiger partial charge on any atom is -0.481 e. The van der Waals surface area contributed by atoms with Crippen LogP contribution in [0.1, 0.15) is 52.4 Å². The summed E-state index contributed by atoms with van der Waals surface area (Å²) in [4.78, 5) is 37.6. The number of nitrogens with one attached hydrogen (secondary N) is 2. The molecule has 10 nitrogen and oxygen atoms in total. The Morgan fingerprint density at radius 1 is 1.15 bits per heavy atom. The second-order valence-electron chi connectivity index (χ2n) is 11.4. The number of hydrogen-bond acceptors (Lipinski definition) is 7. The van der Waals surface area contributed by atoms with Crippen LogP contribution in [0.3, 0.4) is 0 Å². The van der Waals surface area contributed by atoms with Crippen molar-refractivity contribution in [1.82, 2.24) is 20.3 Å². The van der Waals surface area contributed by atoms with Gasteiger partial charge in [0.05, 0.1) is 28.8 Å². The first-order valence-corrected chi connectivity index (χ1v) is 14.2. The molecule has 0 bridgehead atoms. The number of nitrogens with zero attached hydrogens (tertiary/aromatic N) is 3. The Hall–Kier alpha value is -3.60. The highest BCUT2D eigenvalue weighted by atomic mass is 35.5. The number of hydrogen-bond donors (Lipinski definition) is 3. The van der Waals surface area contributed by atoms with Crippen LogP contribution in [0.2, 0.25) is 5.02 Å². The number of anilines is 1. The van der Waals surface area contributed by atoms with E-state index in [1.807, 2.05) is 24.3 Å². The number of rotatable bonds is 7. The van der Waals surface area contributed by atoms with Crippen LogP contribution >= 0.6 is 11.6 Å². The van der Waals surface area contributed by atoms with E-state index in [4.69, 9.17) is 21.1 Å². The Balaban J connectivity index is 1.23. The first-order valence-electron chi connectivity index (χ1n) is 13.8. The van der Waals surface area contributed by atoms with Crippen LogP contribution in [-0.4, -0.2) is 70.1 Å². The summed E-state index contributed by atoms with van der Waals surface area (Å²) in [5, 5.41) is 12.8. The molecule has 1 saturated heterocycles. The highest BCUT2D eigenvalue weighted by Crippen LogP contribution is 2.46. The number of ether oxygens (including phenoxy) is 2. The van der Waals surface area contributed by atoms with Crippen molar-refractivity contribution in [2.24, 2.45) is 5.41 Å². The minimum atomic E-state index is -1.79. The summed E-state index contributed by atoms with van der Waals surface area (Å²) < 4.78 is 26.1. The Morgan fingerprint density at radius 2 is 1.80 bits per heavy atom. The number of alkyl carbamates (subject to hydrolysis) is 1. The number of imidazole rings is 1. The van der Waals surface area contributed by atoms with Gasteiger partial charge in [-0.2, -0.15) is 4.98 Å². The van der Waals surface area contributed by atoms with E-state index >= 15 is 4.39 Å². The third-order valence-corrected chi connectivity index (χ3v) is 8.86. The molecule has 1 saturated carbocycles. The summed E-state index contributed by atoms with van der Waals surface area (Å²) in [5.74, 6) is -1.14. The van der Waals surface area contributed by atoms with Gasteiger partial charge in [0, 0.05) is 30.4 Å². The van der Waals surface area contributed by atoms with Crippen molar-refractivity contribution in [3.63, 3.8) is 0 Å². The van der Waals surface area contributed by atoms with Crippen LogP contribution < -0.4 is 15.0 Å². The number of aliphatic carboxylic acids is 1. The number of fused-ring (bicyclic) bond motifs is 1. The predicted molar refractivity (Wildman–Crippen MR) is 153 cm³/mol. The normalized spacial score (nSPS) is 22.0. The zero-order valence-electron chi connectivity index (χ0n) is 23.4. The number of piperidine rings is 1. The number of aromatic amines is 1. The minimum absolute atomic E-state index is 0.101. The number of carboxylic acids is 1. The van der Waals surface area contributed by atoms with Crippen LogP contribution in [0.4, 0.5) is 14.9 Å². The van der Waals surface area contributed by atoms with Crippen molar-refractivity contribution in [3.8, 4) is 17.3 Å². The third kappa shape index (κ3) is 5.91. The number of pyridine rings is 1. The summed E-state index contributed by atoms with van der Waals surface area (Å²) in [5.41, 5.74) is 0.343. The standard InChI is InChI=1S/C29H35ClFN5O5/c1-28(2,25(37)38)29(31)12-8-20(9-13-29)41-26-33-22-16-21(30)23(34-24(22)35-26)17-4-6-19(7-5-17)36-14-10-18(11-15-36)32-27(39)40-3/h4-7,16,18,20H,8-15H2,1-3H3,(H,32,39)(H,37,38)(H,33,34,35)/t20-,29+. The lowest BCUT2D eigenvalue weighted by molar-refractivity contribution is -0.160. The number of methoxy groups -OCH3 is 1. The first kappa shape index (κ1) is 28.9. The predicted octanol–water partition coefficient (Wildman–Crippen LogP) is 5.74. The van der Waals surface area contributed by atoms with Gasteiger partial charge >= 0.3 is 12.1 Å². The van der Waals surface area contributed by atoms with Crippen LogP contribution in [0.25, 0.3) is 22.4 Å². The van der Waals surface area contributed by atoms with E-state index in [-0.39, 0.29) is 31.0 Å². The van der Waals surface area contributed by atoms with E-state index in [9.17, 15) is 14.7 Å². The molecule has 220 valence electrons. The highest BCUT2D eigenvalue weighted by Gasteiger charge is 2.52. The number of carbonyl (C=O) groups is 2. The van der Waals surface area contributed by atoms with Gasteiger partial charge in [-0.05, 0) is 70.6 Å². The molecule has 0 unspecified atom stereocenters. The van der Waals surface area contributed by atoms with Crippen LogP contribution in [0, 0.1) is 5.41 Å². The lowest BCUT2D eigenvalue weighted by Gasteiger charge is -2.41. The molecular weight excluding hydrogens is 553 g/mol. The summed E-state index contributed by atoms with van der Waals surface area (Å²) >= 11 is 6.60. The van der Waals surface area contributed by atoms with E-state index in [1.54, 1.807) is 6.07 Å². The Bertz CT molecular complexity index is 1410. The van der Waals surface area contributed by atoms with Crippen LogP contribution in [-0.2, 0) is 9.53 Å². The van der Waals surface area contributed by atoms with E-state index in [1.165, 1.54) is 21.0 Å². The molecule has 3 aromatic rings. The monoisotopic (exact) mass is 587 g/mol. The molecule has 5 rings (SSSR count). The molecule has 2 aliphatic rings. The number of carbonyl (C=O) groups excluding carboxylic acids is 1. The molecule has 1 aliphatic carbocycles. The van der Waals surface area contributed by atoms with Crippen molar-refractivity contribution in [1.29, 1.82) is 0 Å². The second-order valence-corrected chi connectivity index (χ2v) is 11.8. The first-order chi connectivity index (χ1) is 19.5. The molecule has 1 amide bonds.